The minimum Gasteiger partial charge on any atom is -0.309 e. The molecule has 0 spiro atoms. The molecule has 0 fully saturated rings. The van der Waals surface area contributed by atoms with Crippen LogP contribution in [-0.4, -0.2) is 19.1 Å². The number of hydrogen-bond donors (Lipinski definition) is 0. The van der Waals surface area contributed by atoms with Gasteiger partial charge < -0.3 is 4.57 Å². The molecular formula is C46H30N4. The molecule has 234 valence electrons. The zero-order chi connectivity index (χ0) is 33.0. The average molecular weight is 639 g/mol. The topological polar surface area (TPSA) is 35.6 Å². The van der Waals surface area contributed by atoms with Gasteiger partial charge in [-0.2, -0.15) is 0 Å². The standard InChI is InChI=1S/C46H30N4/c1-3-11-31(12-4-1)32-19-21-33(22-20-32)36-29-47-46(48-30-36)50-43-18-10-8-16-39(43)41-28-35(24-26-45(41)50)34-23-25-44-40(27-34)38-15-7-9-17-42(38)49(44)37-13-5-2-6-14-37/h1-30H. The second-order valence-corrected chi connectivity index (χ2v) is 12.7. The van der Waals surface area contributed by atoms with E-state index in [1.54, 1.807) is 0 Å². The van der Waals surface area contributed by atoms with E-state index in [-0.39, 0.29) is 0 Å². The van der Waals surface area contributed by atoms with Gasteiger partial charge in [0.2, 0.25) is 5.95 Å². The van der Waals surface area contributed by atoms with E-state index in [2.05, 4.69) is 173 Å². The Morgan fingerprint density at radius 1 is 0.300 bits per heavy atom. The van der Waals surface area contributed by atoms with Crippen LogP contribution in [0.4, 0.5) is 0 Å². The Morgan fingerprint density at radius 2 is 0.720 bits per heavy atom. The van der Waals surface area contributed by atoms with Crippen LogP contribution >= 0.6 is 0 Å². The number of hydrogen-bond acceptors (Lipinski definition) is 2. The van der Waals surface area contributed by atoms with Crippen LogP contribution in [0.3, 0.4) is 0 Å². The van der Waals surface area contributed by atoms with Crippen LogP contribution in [0, 0.1) is 0 Å². The van der Waals surface area contributed by atoms with Crippen LogP contribution in [0.15, 0.2) is 182 Å². The van der Waals surface area contributed by atoms with Gasteiger partial charge in [0.1, 0.15) is 0 Å². The fourth-order valence-corrected chi connectivity index (χ4v) is 7.45. The van der Waals surface area contributed by atoms with Gasteiger partial charge in [0, 0.05) is 45.2 Å². The van der Waals surface area contributed by atoms with Gasteiger partial charge >= 0.3 is 0 Å². The van der Waals surface area contributed by atoms with E-state index >= 15 is 0 Å². The van der Waals surface area contributed by atoms with Crippen LogP contribution in [-0.2, 0) is 0 Å². The van der Waals surface area contributed by atoms with Crippen molar-refractivity contribution < 1.29 is 0 Å². The maximum Gasteiger partial charge on any atom is 0.234 e. The molecular weight excluding hydrogens is 609 g/mol. The van der Waals surface area contributed by atoms with Crippen molar-refractivity contribution in [3.63, 3.8) is 0 Å². The van der Waals surface area contributed by atoms with Crippen molar-refractivity contribution in [2.75, 3.05) is 0 Å². The van der Waals surface area contributed by atoms with Crippen molar-refractivity contribution in [2.45, 2.75) is 0 Å². The van der Waals surface area contributed by atoms with Crippen LogP contribution in [0.25, 0.3) is 88.6 Å². The molecule has 0 amide bonds. The first-order valence-corrected chi connectivity index (χ1v) is 16.9. The van der Waals surface area contributed by atoms with Crippen molar-refractivity contribution in [3.8, 4) is 45.0 Å². The Balaban J connectivity index is 1.05. The SMILES string of the molecule is c1ccc(-c2ccc(-c3cnc(-n4c5ccccc5c5cc(-c6ccc7c(c6)c6ccccc6n7-c6ccccc6)ccc54)nc3)cc2)cc1. The number of nitrogens with zero attached hydrogens (tertiary/aromatic N) is 4. The highest BCUT2D eigenvalue weighted by molar-refractivity contribution is 6.12. The summed E-state index contributed by atoms with van der Waals surface area (Å²) >= 11 is 0. The van der Waals surface area contributed by atoms with Gasteiger partial charge in [-0.1, -0.05) is 121 Å². The molecule has 0 saturated heterocycles. The third kappa shape index (κ3) is 4.54. The smallest absolute Gasteiger partial charge is 0.234 e. The van der Waals surface area contributed by atoms with Crippen LogP contribution in [0.5, 0.6) is 0 Å². The van der Waals surface area contributed by atoms with E-state index in [9.17, 15) is 0 Å². The molecule has 0 radical (unpaired) electrons. The first kappa shape index (κ1) is 28.3. The summed E-state index contributed by atoms with van der Waals surface area (Å²) in [5.74, 6) is 0.656. The van der Waals surface area contributed by atoms with E-state index in [1.807, 2.05) is 18.5 Å². The first-order valence-electron chi connectivity index (χ1n) is 16.9. The molecule has 3 heterocycles. The third-order valence-corrected chi connectivity index (χ3v) is 9.86. The molecule has 0 aliphatic heterocycles. The number of para-hydroxylation sites is 3. The van der Waals surface area contributed by atoms with Crippen LogP contribution < -0.4 is 0 Å². The highest BCUT2D eigenvalue weighted by Crippen LogP contribution is 2.38. The second kappa shape index (κ2) is 11.4. The summed E-state index contributed by atoms with van der Waals surface area (Å²) in [6.07, 6.45) is 3.85. The van der Waals surface area contributed by atoms with E-state index in [0.29, 0.717) is 5.95 Å². The summed E-state index contributed by atoms with van der Waals surface area (Å²) in [5, 5.41) is 4.84. The van der Waals surface area contributed by atoms with Gasteiger partial charge in [0.05, 0.1) is 22.1 Å². The van der Waals surface area contributed by atoms with E-state index < -0.39 is 0 Å². The molecule has 0 aliphatic rings. The van der Waals surface area contributed by atoms with Crippen molar-refractivity contribution in [1.29, 1.82) is 0 Å². The van der Waals surface area contributed by atoms with E-state index in [1.165, 1.54) is 54.8 Å². The maximum atomic E-state index is 4.90. The normalized spacial score (nSPS) is 11.6. The zero-order valence-electron chi connectivity index (χ0n) is 27.1. The number of fused-ring (bicyclic) bond motifs is 6. The van der Waals surface area contributed by atoms with Gasteiger partial charge in [0.25, 0.3) is 0 Å². The Kier molecular flexibility index (Phi) is 6.46. The predicted molar refractivity (Wildman–Crippen MR) is 207 cm³/mol. The Labute approximate surface area is 289 Å². The minimum atomic E-state index is 0.656. The van der Waals surface area contributed by atoms with Gasteiger partial charge in [-0.05, 0) is 76.3 Å². The molecule has 0 aliphatic carbocycles. The molecule has 0 saturated carbocycles. The molecule has 0 unspecified atom stereocenters. The molecule has 4 heteroatoms. The Morgan fingerprint density at radius 3 is 1.32 bits per heavy atom. The molecule has 4 nitrogen and oxygen atoms in total. The van der Waals surface area contributed by atoms with E-state index in [0.717, 1.165) is 27.8 Å². The molecule has 0 atom stereocenters. The third-order valence-electron chi connectivity index (χ3n) is 9.86. The fourth-order valence-electron chi connectivity index (χ4n) is 7.45. The van der Waals surface area contributed by atoms with Gasteiger partial charge in [0.15, 0.2) is 0 Å². The Bertz CT molecular complexity index is 2830. The van der Waals surface area contributed by atoms with Crippen molar-refractivity contribution in [1.82, 2.24) is 19.1 Å². The number of benzene rings is 7. The lowest BCUT2D eigenvalue weighted by Gasteiger charge is -2.09. The molecule has 0 bridgehead atoms. The summed E-state index contributed by atoms with van der Waals surface area (Å²) in [6, 6.07) is 60.4. The van der Waals surface area contributed by atoms with Crippen molar-refractivity contribution >= 4 is 43.6 Å². The number of aromatic nitrogens is 4. The molecule has 10 aromatic rings. The van der Waals surface area contributed by atoms with Crippen LogP contribution in [0.2, 0.25) is 0 Å². The van der Waals surface area contributed by atoms with Gasteiger partial charge in [-0.15, -0.1) is 0 Å². The lowest BCUT2D eigenvalue weighted by atomic mass is 10.0. The summed E-state index contributed by atoms with van der Waals surface area (Å²) in [5.41, 5.74) is 12.6. The van der Waals surface area contributed by atoms with Gasteiger partial charge in [-0.3, -0.25) is 4.57 Å². The summed E-state index contributed by atoms with van der Waals surface area (Å²) < 4.78 is 4.53. The van der Waals surface area contributed by atoms with E-state index in [4.69, 9.17) is 9.97 Å². The maximum absolute atomic E-state index is 4.90. The minimum absolute atomic E-state index is 0.656. The van der Waals surface area contributed by atoms with Crippen molar-refractivity contribution in [3.05, 3.63) is 182 Å². The fraction of sp³-hybridized carbons (Fsp3) is 0. The van der Waals surface area contributed by atoms with Gasteiger partial charge in [-0.25, -0.2) is 9.97 Å². The monoisotopic (exact) mass is 638 g/mol. The highest BCUT2D eigenvalue weighted by atomic mass is 15.1. The largest absolute Gasteiger partial charge is 0.309 e. The lowest BCUT2D eigenvalue weighted by Crippen LogP contribution is -2.00. The molecule has 7 aromatic carbocycles. The quantitative estimate of drug-likeness (QED) is 0.188. The average Bonchev–Trinajstić information content (AvgIpc) is 3.71. The molecule has 10 rings (SSSR count). The molecule has 0 N–H and O–H groups in total. The first-order chi connectivity index (χ1) is 24.8. The Hall–Kier alpha value is -6.78. The summed E-state index contributed by atoms with van der Waals surface area (Å²) in [7, 11) is 0. The number of rotatable bonds is 5. The lowest BCUT2D eigenvalue weighted by molar-refractivity contribution is 0.990. The predicted octanol–water partition coefficient (Wildman–Crippen LogP) is 11.7. The summed E-state index contributed by atoms with van der Waals surface area (Å²) in [4.78, 5) is 9.80. The zero-order valence-corrected chi connectivity index (χ0v) is 27.1. The summed E-state index contributed by atoms with van der Waals surface area (Å²) in [6.45, 7) is 0. The second-order valence-electron chi connectivity index (χ2n) is 12.7. The van der Waals surface area contributed by atoms with Crippen molar-refractivity contribution in [2.24, 2.45) is 0 Å². The highest BCUT2D eigenvalue weighted by Gasteiger charge is 2.17. The molecule has 3 aromatic heterocycles. The molecule has 50 heavy (non-hydrogen) atoms. The van der Waals surface area contributed by atoms with Crippen LogP contribution in [0.1, 0.15) is 0 Å².